The van der Waals surface area contributed by atoms with Gasteiger partial charge in [0.15, 0.2) is 6.10 Å². The van der Waals surface area contributed by atoms with E-state index >= 15 is 0 Å². The summed E-state index contributed by atoms with van der Waals surface area (Å²) in [5.74, 6) is -0.801. The van der Waals surface area contributed by atoms with Crippen LogP contribution < -0.4 is 0 Å². The summed E-state index contributed by atoms with van der Waals surface area (Å²) in [6.45, 7) is 3.91. The van der Waals surface area contributed by atoms with E-state index in [0.29, 0.717) is 12.8 Å². The Labute approximate surface area is 376 Å². The molecule has 0 radical (unpaired) electrons. The zero-order chi connectivity index (χ0) is 44.6. The molecule has 0 saturated carbocycles. The van der Waals surface area contributed by atoms with Gasteiger partial charge in [-0.25, -0.2) is 4.57 Å². The fourth-order valence-electron chi connectivity index (χ4n) is 7.39. The maximum Gasteiger partial charge on any atom is 0.472 e. The number of phosphoric ester groups is 1. The molecule has 0 bridgehead atoms. The van der Waals surface area contributed by atoms with E-state index < -0.39 is 26.5 Å². The summed E-state index contributed by atoms with van der Waals surface area (Å²) in [6.07, 6.45) is 57.8. The van der Waals surface area contributed by atoms with E-state index in [1.807, 2.05) is 0 Å². The molecule has 61 heavy (non-hydrogen) atoms. The molecule has 0 rings (SSSR count). The highest BCUT2D eigenvalue weighted by molar-refractivity contribution is 7.47. The smallest absolute Gasteiger partial charge is 0.462 e. The molecule has 0 aromatic carbocycles. The van der Waals surface area contributed by atoms with Crippen LogP contribution in [0.2, 0.25) is 0 Å². The first-order chi connectivity index (χ1) is 29.8. The average Bonchev–Trinajstić information content (AvgIpc) is 3.25. The first-order valence-electron chi connectivity index (χ1n) is 25.7. The second kappa shape index (κ2) is 47.7. The van der Waals surface area contributed by atoms with Crippen molar-refractivity contribution in [3.8, 4) is 0 Å². The molecule has 0 fully saturated rings. The third kappa shape index (κ3) is 47.6. The number of allylic oxidation sites excluding steroid dienone is 6. The topological polar surface area (TPSA) is 108 Å². The molecule has 0 amide bonds. The first kappa shape index (κ1) is 59.3. The third-order valence-corrected chi connectivity index (χ3v) is 12.3. The van der Waals surface area contributed by atoms with Crippen LogP contribution in [0.4, 0.5) is 0 Å². The highest BCUT2D eigenvalue weighted by Gasteiger charge is 2.24. The Balaban J connectivity index is 3.90. The second-order valence-electron chi connectivity index (χ2n) is 17.3. The minimum atomic E-state index is -4.27. The SMILES string of the molecule is CCCCCCC/C=C\C/C=C\CCCCCCCCCCCC(=O)OC(COC(=O)CCCCCCCCCCC/C=C\CCCCCCCCCC)COP(=O)(O)OC. The number of esters is 2. The van der Waals surface area contributed by atoms with Crippen LogP contribution in [0.15, 0.2) is 36.5 Å². The molecule has 2 atom stereocenters. The predicted molar refractivity (Wildman–Crippen MR) is 258 cm³/mol. The van der Waals surface area contributed by atoms with Gasteiger partial charge in [0.1, 0.15) is 6.61 Å². The van der Waals surface area contributed by atoms with Gasteiger partial charge >= 0.3 is 19.8 Å². The van der Waals surface area contributed by atoms with E-state index in [4.69, 9.17) is 14.0 Å². The molecule has 0 saturated heterocycles. The number of unbranched alkanes of at least 4 members (excludes halogenated alkanes) is 31. The fourth-order valence-corrected chi connectivity index (χ4v) is 7.85. The maximum absolute atomic E-state index is 12.6. The molecule has 2 unspecified atom stereocenters. The van der Waals surface area contributed by atoms with Crippen LogP contribution in [-0.2, 0) is 32.7 Å². The predicted octanol–water partition coefficient (Wildman–Crippen LogP) is 16.7. The molecule has 0 aromatic rings. The molecule has 0 spiro atoms. The molecule has 8 nitrogen and oxygen atoms in total. The molecule has 1 N–H and O–H groups in total. The molecular formula is C52H97O8P. The van der Waals surface area contributed by atoms with Crippen molar-refractivity contribution in [2.45, 2.75) is 264 Å². The minimum absolute atomic E-state index is 0.226. The van der Waals surface area contributed by atoms with Gasteiger partial charge in [-0.2, -0.15) is 0 Å². The van der Waals surface area contributed by atoms with Crippen molar-refractivity contribution in [3.63, 3.8) is 0 Å². The molecule has 0 aliphatic carbocycles. The summed E-state index contributed by atoms with van der Waals surface area (Å²) in [5, 5.41) is 0. The number of carbonyl (C=O) groups excluding carboxylic acids is 2. The Morgan fingerprint density at radius 1 is 0.459 bits per heavy atom. The largest absolute Gasteiger partial charge is 0.472 e. The fraction of sp³-hybridized carbons (Fsp3) is 0.846. The normalized spacial score (nSPS) is 13.4. The van der Waals surface area contributed by atoms with Crippen molar-refractivity contribution in [3.05, 3.63) is 36.5 Å². The Kier molecular flexibility index (Phi) is 46.4. The quantitative estimate of drug-likeness (QED) is 0.0279. The Hall–Kier alpha value is -1.73. The molecule has 0 aromatic heterocycles. The van der Waals surface area contributed by atoms with Crippen molar-refractivity contribution in [2.24, 2.45) is 0 Å². The Morgan fingerprint density at radius 2 is 0.787 bits per heavy atom. The van der Waals surface area contributed by atoms with Crippen LogP contribution in [0.1, 0.15) is 258 Å². The van der Waals surface area contributed by atoms with Crippen LogP contribution in [0, 0.1) is 0 Å². The van der Waals surface area contributed by atoms with Gasteiger partial charge in [-0.15, -0.1) is 0 Å². The summed E-state index contributed by atoms with van der Waals surface area (Å²) in [5.41, 5.74) is 0. The van der Waals surface area contributed by atoms with Gasteiger partial charge in [-0.05, 0) is 70.6 Å². The summed E-state index contributed by atoms with van der Waals surface area (Å²) < 4.78 is 32.1. The summed E-state index contributed by atoms with van der Waals surface area (Å²) in [6, 6.07) is 0. The lowest BCUT2D eigenvalue weighted by molar-refractivity contribution is -0.161. The van der Waals surface area contributed by atoms with Gasteiger partial charge in [0.25, 0.3) is 0 Å². The van der Waals surface area contributed by atoms with Crippen LogP contribution in [0.3, 0.4) is 0 Å². The number of carbonyl (C=O) groups is 2. The summed E-state index contributed by atoms with van der Waals surface area (Å²) in [4.78, 5) is 34.7. The number of hydrogen-bond donors (Lipinski definition) is 1. The van der Waals surface area contributed by atoms with Crippen LogP contribution in [0.5, 0.6) is 0 Å². The first-order valence-corrected chi connectivity index (χ1v) is 27.2. The van der Waals surface area contributed by atoms with Crippen LogP contribution >= 0.6 is 7.82 Å². The standard InChI is InChI=1S/C52H97O8P/c1-4-6-8-10-12-14-16-18-20-22-24-26-28-30-32-34-36-38-40-42-44-46-51(53)58-48-50(49-59-61(55,56)57-3)60-52(54)47-45-43-41-39-37-35-33-31-29-27-25-23-21-19-17-15-13-11-9-7-5-2/h17,19,22-25,50H,4-16,18,20-21,26-49H2,1-3H3,(H,55,56)/b19-17-,24-22-,25-23-. The zero-order valence-corrected chi connectivity index (χ0v) is 41.0. The molecule has 358 valence electrons. The Bertz CT molecular complexity index is 1090. The van der Waals surface area contributed by atoms with Gasteiger partial charge in [0, 0.05) is 20.0 Å². The lowest BCUT2D eigenvalue weighted by Gasteiger charge is -2.19. The average molecular weight is 881 g/mol. The van der Waals surface area contributed by atoms with E-state index in [1.54, 1.807) is 0 Å². The van der Waals surface area contributed by atoms with Gasteiger partial charge in [-0.3, -0.25) is 18.6 Å². The van der Waals surface area contributed by atoms with Gasteiger partial charge in [0.05, 0.1) is 6.61 Å². The molecule has 0 aliphatic rings. The summed E-state index contributed by atoms with van der Waals surface area (Å²) in [7, 11) is -3.20. The van der Waals surface area contributed by atoms with Crippen molar-refractivity contribution in [1.82, 2.24) is 0 Å². The van der Waals surface area contributed by atoms with Crippen LogP contribution in [0.25, 0.3) is 0 Å². The van der Waals surface area contributed by atoms with E-state index in [-0.39, 0.29) is 19.0 Å². The van der Waals surface area contributed by atoms with E-state index in [0.717, 1.165) is 52.1 Å². The third-order valence-electron chi connectivity index (χ3n) is 11.4. The Morgan fingerprint density at radius 3 is 1.16 bits per heavy atom. The van der Waals surface area contributed by atoms with Crippen molar-refractivity contribution < 1.29 is 37.6 Å². The lowest BCUT2D eigenvalue weighted by Crippen LogP contribution is -2.29. The second-order valence-corrected chi connectivity index (χ2v) is 18.9. The molecule has 9 heteroatoms. The highest BCUT2D eigenvalue weighted by atomic mass is 31.2. The van der Waals surface area contributed by atoms with Crippen molar-refractivity contribution in [2.75, 3.05) is 20.3 Å². The van der Waals surface area contributed by atoms with Crippen molar-refractivity contribution >= 4 is 19.8 Å². The zero-order valence-electron chi connectivity index (χ0n) is 40.1. The summed E-state index contributed by atoms with van der Waals surface area (Å²) >= 11 is 0. The minimum Gasteiger partial charge on any atom is -0.462 e. The van der Waals surface area contributed by atoms with E-state index in [9.17, 15) is 19.0 Å². The van der Waals surface area contributed by atoms with E-state index in [2.05, 4.69) is 54.8 Å². The number of ether oxygens (including phenoxy) is 2. The van der Waals surface area contributed by atoms with Gasteiger partial charge < -0.3 is 14.4 Å². The molecule has 0 aliphatic heterocycles. The molecular weight excluding hydrogens is 784 g/mol. The van der Waals surface area contributed by atoms with Gasteiger partial charge in [-0.1, -0.05) is 211 Å². The number of hydrogen-bond acceptors (Lipinski definition) is 7. The monoisotopic (exact) mass is 881 g/mol. The maximum atomic E-state index is 12.6. The number of phosphoric acid groups is 1. The van der Waals surface area contributed by atoms with Crippen LogP contribution in [-0.4, -0.2) is 43.3 Å². The van der Waals surface area contributed by atoms with E-state index in [1.165, 1.54) is 180 Å². The lowest BCUT2D eigenvalue weighted by atomic mass is 10.1. The number of rotatable bonds is 48. The highest BCUT2D eigenvalue weighted by Crippen LogP contribution is 2.42. The van der Waals surface area contributed by atoms with Gasteiger partial charge in [0.2, 0.25) is 0 Å². The van der Waals surface area contributed by atoms with Crippen molar-refractivity contribution in [1.29, 1.82) is 0 Å². The molecule has 0 heterocycles.